The van der Waals surface area contributed by atoms with Crippen molar-refractivity contribution in [3.05, 3.63) is 283 Å². The minimum atomic E-state index is 0.266. The monoisotopic (exact) mass is 900 g/mol. The minimum Gasteiger partial charge on any atom is -0.460 e. The van der Waals surface area contributed by atoms with Crippen molar-refractivity contribution in [1.82, 2.24) is 0 Å². The minimum absolute atomic E-state index is 0.266. The summed E-state index contributed by atoms with van der Waals surface area (Å²) in [5.41, 5.74) is 19.4. The molecule has 0 spiro atoms. The van der Waals surface area contributed by atoms with Gasteiger partial charge in [-0.1, -0.05) is 158 Å². The van der Waals surface area contributed by atoms with Gasteiger partial charge in [0.05, 0.1) is 0 Å². The third-order valence-electron chi connectivity index (χ3n) is 14.1. The van der Waals surface area contributed by atoms with Gasteiger partial charge in [-0.25, -0.2) is 0 Å². The number of rotatable bonds is 10. The number of hydrogen-bond donors (Lipinski definition) is 0. The van der Waals surface area contributed by atoms with Crippen LogP contribution in [0.15, 0.2) is 259 Å². The van der Waals surface area contributed by atoms with Gasteiger partial charge in [-0.2, -0.15) is 0 Å². The molecule has 13 rings (SSSR count). The number of anilines is 6. The quantitative estimate of drug-likeness (QED) is 0.137. The summed E-state index contributed by atoms with van der Waals surface area (Å²) >= 11 is 0. The highest BCUT2D eigenvalue weighted by molar-refractivity contribution is 5.92. The molecule has 0 N–H and O–H groups in total. The van der Waals surface area contributed by atoms with Crippen molar-refractivity contribution in [2.45, 2.75) is 25.2 Å². The van der Waals surface area contributed by atoms with Gasteiger partial charge in [0.2, 0.25) is 0 Å². The number of hydrogen-bond acceptors (Lipinski definition) is 4. The van der Waals surface area contributed by atoms with Crippen LogP contribution in [0.25, 0.3) is 44.4 Å². The molecule has 70 heavy (non-hydrogen) atoms. The van der Waals surface area contributed by atoms with E-state index >= 15 is 0 Å². The van der Waals surface area contributed by atoms with Crippen LogP contribution >= 0.6 is 0 Å². The van der Waals surface area contributed by atoms with Crippen LogP contribution in [0.1, 0.15) is 46.8 Å². The van der Waals surface area contributed by atoms with E-state index in [4.69, 9.17) is 9.15 Å². The second kappa shape index (κ2) is 17.7. The average molecular weight is 901 g/mol. The molecule has 0 amide bonds. The normalized spacial score (nSPS) is 14.6. The number of allylic oxidation sites excluding steroid dienone is 5. The van der Waals surface area contributed by atoms with Gasteiger partial charge >= 0.3 is 0 Å². The molecule has 0 saturated heterocycles. The van der Waals surface area contributed by atoms with Crippen molar-refractivity contribution in [3.63, 3.8) is 0 Å². The molecule has 1 unspecified atom stereocenters. The number of fused-ring (bicyclic) bond motifs is 6. The molecule has 3 aliphatic rings. The summed E-state index contributed by atoms with van der Waals surface area (Å²) in [6, 6.07) is 82.6. The topological polar surface area (TPSA) is 28.9 Å². The lowest BCUT2D eigenvalue weighted by molar-refractivity contribution is 0.429. The average Bonchev–Trinajstić information content (AvgIpc) is 4.02. The third kappa shape index (κ3) is 7.51. The van der Waals surface area contributed by atoms with Crippen LogP contribution < -0.4 is 14.5 Å². The van der Waals surface area contributed by atoms with E-state index < -0.39 is 0 Å². The van der Waals surface area contributed by atoms with Gasteiger partial charge in [0.1, 0.15) is 22.9 Å². The highest BCUT2D eigenvalue weighted by Crippen LogP contribution is 2.48. The Kier molecular flexibility index (Phi) is 10.4. The van der Waals surface area contributed by atoms with E-state index in [-0.39, 0.29) is 5.92 Å². The van der Waals surface area contributed by atoms with Gasteiger partial charge in [-0.3, -0.25) is 0 Å². The van der Waals surface area contributed by atoms with Crippen molar-refractivity contribution in [2.24, 2.45) is 0 Å². The van der Waals surface area contributed by atoms with E-state index in [9.17, 15) is 0 Å². The van der Waals surface area contributed by atoms with E-state index in [2.05, 4.69) is 252 Å². The van der Waals surface area contributed by atoms with Gasteiger partial charge in [0.25, 0.3) is 0 Å². The first-order valence-electron chi connectivity index (χ1n) is 24.3. The molecular formula is C66H48N2O2. The number of furan rings is 1. The Morgan fingerprint density at radius 3 is 1.56 bits per heavy atom. The summed E-state index contributed by atoms with van der Waals surface area (Å²) in [5, 5.41) is 1.22. The molecule has 0 fully saturated rings. The summed E-state index contributed by atoms with van der Waals surface area (Å²) in [6.45, 7) is 0. The second-order valence-electron chi connectivity index (χ2n) is 18.3. The third-order valence-corrected chi connectivity index (χ3v) is 14.1. The van der Waals surface area contributed by atoms with Gasteiger partial charge in [-0.05, 0) is 144 Å². The van der Waals surface area contributed by atoms with E-state index in [1.54, 1.807) is 0 Å². The van der Waals surface area contributed by atoms with Crippen LogP contribution in [0.3, 0.4) is 0 Å². The van der Waals surface area contributed by atoms with E-state index in [0.717, 1.165) is 104 Å². The molecule has 0 saturated carbocycles. The van der Waals surface area contributed by atoms with Crippen LogP contribution in [-0.2, 0) is 6.42 Å². The first kappa shape index (κ1) is 41.3. The fourth-order valence-electron chi connectivity index (χ4n) is 10.7. The Balaban J connectivity index is 0.758. The lowest BCUT2D eigenvalue weighted by Gasteiger charge is -2.26. The van der Waals surface area contributed by atoms with Gasteiger partial charge in [0, 0.05) is 67.7 Å². The maximum atomic E-state index is 6.46. The van der Waals surface area contributed by atoms with E-state index in [0.29, 0.717) is 0 Å². The summed E-state index contributed by atoms with van der Waals surface area (Å²) in [4.78, 5) is 4.65. The zero-order valence-electron chi connectivity index (χ0n) is 38.6. The van der Waals surface area contributed by atoms with Crippen LogP contribution in [-0.4, -0.2) is 0 Å². The van der Waals surface area contributed by atoms with E-state index in [1.807, 2.05) is 6.07 Å². The molecule has 2 heterocycles. The lowest BCUT2D eigenvalue weighted by atomic mass is 9.87. The molecule has 9 aromatic carbocycles. The number of nitrogens with zero attached hydrogens (tertiary/aromatic N) is 2. The van der Waals surface area contributed by atoms with Crippen molar-refractivity contribution in [3.8, 4) is 28.0 Å². The predicted molar refractivity (Wildman–Crippen MR) is 289 cm³/mol. The molecule has 4 heteroatoms. The lowest BCUT2D eigenvalue weighted by Crippen LogP contribution is -2.10. The largest absolute Gasteiger partial charge is 0.460 e. The van der Waals surface area contributed by atoms with Crippen LogP contribution in [0.5, 0.6) is 5.75 Å². The maximum absolute atomic E-state index is 6.46. The number of ether oxygens (including phenoxy) is 1. The predicted octanol–water partition coefficient (Wildman–Crippen LogP) is 17.9. The highest BCUT2D eigenvalue weighted by Gasteiger charge is 2.33. The summed E-state index contributed by atoms with van der Waals surface area (Å²) < 4.78 is 12.9. The van der Waals surface area contributed by atoms with Crippen molar-refractivity contribution in [2.75, 3.05) is 9.80 Å². The Morgan fingerprint density at radius 1 is 0.429 bits per heavy atom. The van der Waals surface area contributed by atoms with Crippen molar-refractivity contribution in [1.29, 1.82) is 0 Å². The Morgan fingerprint density at radius 2 is 0.943 bits per heavy atom. The molecule has 2 aliphatic carbocycles. The van der Waals surface area contributed by atoms with Crippen LogP contribution in [0, 0.1) is 0 Å². The first-order valence-corrected chi connectivity index (χ1v) is 24.3. The summed E-state index contributed by atoms with van der Waals surface area (Å²) in [6.07, 6.45) is 9.78. The van der Waals surface area contributed by atoms with Crippen molar-refractivity contribution >= 4 is 56.2 Å². The van der Waals surface area contributed by atoms with Gasteiger partial charge in [-0.15, -0.1) is 0 Å². The summed E-state index contributed by atoms with van der Waals surface area (Å²) in [7, 11) is 0. The van der Waals surface area contributed by atoms with Crippen LogP contribution in [0.4, 0.5) is 34.1 Å². The molecule has 1 aromatic heterocycles. The zero-order chi connectivity index (χ0) is 46.4. The SMILES string of the molecule is C1=CC(c2ccc(N(c3ccccc3)c3ccc(-c4cccc(-c5ccc(N(c6ccccc6)c6ccc(C7=CCCc8c7oc7ccccc87)cc6)cc5)c4)cc3)cc2)=C2Oc3ccccc3C2C1. The maximum Gasteiger partial charge on any atom is 0.138 e. The first-order chi connectivity index (χ1) is 34.7. The molecule has 10 aromatic rings. The Labute approximate surface area is 409 Å². The molecule has 1 aliphatic heterocycles. The molecule has 4 nitrogen and oxygen atoms in total. The highest BCUT2D eigenvalue weighted by atomic mass is 16.5. The fraction of sp³-hybridized carbons (Fsp3) is 0.0606. The molecule has 334 valence electrons. The second-order valence-corrected chi connectivity index (χ2v) is 18.3. The molecule has 0 bridgehead atoms. The van der Waals surface area contributed by atoms with E-state index in [1.165, 1.54) is 33.2 Å². The molecular weight excluding hydrogens is 853 g/mol. The smallest absolute Gasteiger partial charge is 0.138 e. The Bertz CT molecular complexity index is 3620. The Hall–Kier alpha value is -8.86. The standard InChI is InChI=1S/C66H48N2O2/c1-3-16-51(17-4-1)67(55-40-32-47(33-41-55)57-22-12-24-61-59-20-7-9-26-63(59)69-65(57)61)53-36-28-45(29-37-53)49-14-11-15-50(44-49)46-30-38-54(39-31-46)68(52-18-5-2-6-19-52)56-42-34-48(35-43-56)58-23-13-25-62-60-21-8-10-27-64(60)70-66(58)62/h1-12,14-23,26-44,61H,13,24-25H2. The van der Waals surface area contributed by atoms with Crippen LogP contribution in [0.2, 0.25) is 0 Å². The zero-order valence-corrected chi connectivity index (χ0v) is 38.6. The van der Waals surface area contributed by atoms with Gasteiger partial charge in [0.15, 0.2) is 0 Å². The number of benzene rings is 9. The molecule has 1 atom stereocenters. The fourth-order valence-corrected chi connectivity index (χ4v) is 10.7. The summed E-state index contributed by atoms with van der Waals surface area (Å²) in [5.74, 6) is 3.29. The molecule has 0 radical (unpaired) electrons. The number of para-hydroxylation sites is 4. The van der Waals surface area contributed by atoms with Crippen molar-refractivity contribution < 1.29 is 9.15 Å². The number of aryl methyl sites for hydroxylation is 1. The van der Waals surface area contributed by atoms with Gasteiger partial charge < -0.3 is 19.0 Å².